The van der Waals surface area contributed by atoms with Crippen molar-refractivity contribution in [3.63, 3.8) is 0 Å². The molecule has 9 nitrogen and oxygen atoms in total. The Bertz CT molecular complexity index is 1540. The summed E-state index contributed by atoms with van der Waals surface area (Å²) in [5.41, 5.74) is 7.00. The molecule has 0 saturated carbocycles. The molecule has 4 aromatic rings. The highest BCUT2D eigenvalue weighted by Gasteiger charge is 2.49. The molecule has 0 spiro atoms. The number of pyridine rings is 1. The fourth-order valence-corrected chi connectivity index (χ4v) is 7.04. The highest BCUT2D eigenvalue weighted by Crippen LogP contribution is 2.41. The van der Waals surface area contributed by atoms with Crippen molar-refractivity contribution in [3.05, 3.63) is 30.2 Å². The Kier molecular flexibility index (Phi) is 6.20. The Morgan fingerprint density at radius 2 is 2.05 bits per heavy atom. The van der Waals surface area contributed by atoms with Crippen LogP contribution in [-0.2, 0) is 4.74 Å². The molecule has 1 aromatic carbocycles. The van der Waals surface area contributed by atoms with Crippen molar-refractivity contribution in [2.45, 2.75) is 37.4 Å². The van der Waals surface area contributed by atoms with E-state index in [9.17, 15) is 4.39 Å². The molecule has 0 amide bonds. The van der Waals surface area contributed by atoms with Crippen LogP contribution in [-0.4, -0.2) is 82.5 Å². The number of fused-ring (bicyclic) bond motifs is 3. The third-order valence-corrected chi connectivity index (χ3v) is 8.94. The smallest absolute Gasteiger partial charge is 0.319 e. The number of alkyl halides is 1. The molecule has 0 aliphatic carbocycles. The van der Waals surface area contributed by atoms with Crippen molar-refractivity contribution in [1.29, 1.82) is 0 Å². The molecule has 3 aliphatic heterocycles. The fourth-order valence-electron chi connectivity index (χ4n) is 6.28. The number of aromatic nitrogens is 4. The Hall–Kier alpha value is -3.22. The molecule has 39 heavy (non-hydrogen) atoms. The first-order chi connectivity index (χ1) is 19.0. The maximum atomic E-state index is 16.3. The third kappa shape index (κ3) is 4.34. The average molecular weight is 554 g/mol. The highest BCUT2D eigenvalue weighted by molar-refractivity contribution is 7.22. The van der Waals surface area contributed by atoms with Gasteiger partial charge in [-0.3, -0.25) is 9.88 Å². The number of hydrogen-bond acceptors (Lipinski definition) is 10. The largest absolute Gasteiger partial charge is 0.461 e. The number of rotatable bonds is 5. The molecule has 204 valence electrons. The summed E-state index contributed by atoms with van der Waals surface area (Å²) in [5, 5.41) is 0.908. The number of ether oxygens (including phenoxy) is 2. The minimum atomic E-state index is -0.868. The first-order valence-electron chi connectivity index (χ1n) is 13.4. The van der Waals surface area contributed by atoms with Crippen LogP contribution in [0.4, 0.5) is 19.7 Å². The molecule has 0 radical (unpaired) electrons. The van der Waals surface area contributed by atoms with Gasteiger partial charge in [0.25, 0.3) is 0 Å². The van der Waals surface area contributed by atoms with E-state index in [2.05, 4.69) is 24.8 Å². The van der Waals surface area contributed by atoms with Crippen molar-refractivity contribution in [1.82, 2.24) is 24.8 Å². The first kappa shape index (κ1) is 24.8. The molecule has 7 rings (SSSR count). The third-order valence-electron chi connectivity index (χ3n) is 8.09. The standard InChI is InChI=1S/C27H29F2N7O2S/c28-16-12-27(6-2-8-36(27)14-16)15-38-26-33-23-18(24(34-26)35-7-3-10-37-11-9-35)13-31-22(20(23)29)17-4-1-5-19-21(17)32-25(30)39-19/h1,4-5,13,16H,2-3,6-12,14-15H2,(H2,30,32)/t16-,27+/m1/s1. The summed E-state index contributed by atoms with van der Waals surface area (Å²) in [7, 11) is 0. The molecule has 2 atom stereocenters. The second kappa shape index (κ2) is 9.76. The van der Waals surface area contributed by atoms with Crippen molar-refractivity contribution < 1.29 is 18.3 Å². The maximum absolute atomic E-state index is 16.3. The predicted octanol–water partition coefficient (Wildman–Crippen LogP) is 4.20. The van der Waals surface area contributed by atoms with Gasteiger partial charge in [-0.2, -0.15) is 9.97 Å². The van der Waals surface area contributed by atoms with Crippen LogP contribution in [0, 0.1) is 5.82 Å². The zero-order chi connectivity index (χ0) is 26.6. The molecule has 3 saturated heterocycles. The van der Waals surface area contributed by atoms with Gasteiger partial charge in [0.15, 0.2) is 10.9 Å². The quantitative estimate of drug-likeness (QED) is 0.389. The lowest BCUT2D eigenvalue weighted by molar-refractivity contribution is 0.107. The van der Waals surface area contributed by atoms with Crippen molar-refractivity contribution in [2.75, 3.05) is 56.6 Å². The van der Waals surface area contributed by atoms with Gasteiger partial charge in [0, 0.05) is 44.4 Å². The lowest BCUT2D eigenvalue weighted by atomic mass is 9.95. The van der Waals surface area contributed by atoms with E-state index in [-0.39, 0.29) is 29.4 Å². The van der Waals surface area contributed by atoms with Gasteiger partial charge < -0.3 is 20.1 Å². The minimum Gasteiger partial charge on any atom is -0.461 e. The summed E-state index contributed by atoms with van der Waals surface area (Å²) in [6, 6.07) is 5.60. The van der Waals surface area contributed by atoms with E-state index in [1.54, 1.807) is 12.3 Å². The maximum Gasteiger partial charge on any atom is 0.319 e. The van der Waals surface area contributed by atoms with Gasteiger partial charge in [0.2, 0.25) is 0 Å². The summed E-state index contributed by atoms with van der Waals surface area (Å²) in [6.45, 7) is 4.05. The number of para-hydroxylation sites is 1. The van der Waals surface area contributed by atoms with Crippen LogP contribution >= 0.6 is 11.3 Å². The topological polar surface area (TPSA) is 103 Å². The summed E-state index contributed by atoms with van der Waals surface area (Å²) >= 11 is 1.34. The van der Waals surface area contributed by atoms with Gasteiger partial charge in [-0.15, -0.1) is 0 Å². The minimum absolute atomic E-state index is 0.0818. The monoisotopic (exact) mass is 553 g/mol. The van der Waals surface area contributed by atoms with E-state index < -0.39 is 12.0 Å². The van der Waals surface area contributed by atoms with Gasteiger partial charge in [-0.05, 0) is 31.9 Å². The molecule has 12 heteroatoms. The van der Waals surface area contributed by atoms with Crippen molar-refractivity contribution in [2.24, 2.45) is 0 Å². The lowest BCUT2D eigenvalue weighted by Crippen LogP contribution is -2.43. The molecule has 3 fully saturated rings. The summed E-state index contributed by atoms with van der Waals surface area (Å²) in [5.74, 6) is -0.0124. The van der Waals surface area contributed by atoms with E-state index in [4.69, 9.17) is 20.2 Å². The zero-order valence-electron chi connectivity index (χ0n) is 21.4. The molecule has 3 aliphatic rings. The molecule has 0 bridgehead atoms. The van der Waals surface area contributed by atoms with Crippen LogP contribution in [0.2, 0.25) is 0 Å². The number of nitrogens with zero attached hydrogens (tertiary/aromatic N) is 6. The normalized spacial score (nSPS) is 23.9. The number of thiazole rings is 1. The van der Waals surface area contributed by atoms with E-state index >= 15 is 4.39 Å². The van der Waals surface area contributed by atoms with E-state index in [0.29, 0.717) is 66.7 Å². The Morgan fingerprint density at radius 1 is 1.13 bits per heavy atom. The van der Waals surface area contributed by atoms with Gasteiger partial charge in [0.1, 0.15) is 29.8 Å². The predicted molar refractivity (Wildman–Crippen MR) is 147 cm³/mol. The summed E-state index contributed by atoms with van der Waals surface area (Å²) in [4.78, 5) is 22.5. The summed E-state index contributed by atoms with van der Waals surface area (Å²) < 4.78 is 43.3. The van der Waals surface area contributed by atoms with Crippen molar-refractivity contribution >= 4 is 43.4 Å². The number of nitrogens with two attached hydrogens (primary N) is 1. The van der Waals surface area contributed by atoms with Crippen LogP contribution < -0.4 is 15.4 Å². The Labute approximate surface area is 228 Å². The SMILES string of the molecule is Nc1nc2c(-c3ncc4c(N5CCCOCC5)nc(OC[C@@]56CCCN5C[C@H](F)C6)nc4c3F)cccc2s1. The van der Waals surface area contributed by atoms with Crippen LogP contribution in [0.1, 0.15) is 25.7 Å². The average Bonchev–Trinajstić information content (AvgIpc) is 3.50. The zero-order valence-corrected chi connectivity index (χ0v) is 22.2. The Morgan fingerprint density at radius 3 is 2.97 bits per heavy atom. The number of anilines is 2. The molecular formula is C27H29F2N7O2S. The molecule has 6 heterocycles. The van der Waals surface area contributed by atoms with E-state index in [1.807, 2.05) is 12.1 Å². The van der Waals surface area contributed by atoms with Crippen LogP contribution in [0.15, 0.2) is 24.4 Å². The molecule has 3 aromatic heterocycles. The molecular weight excluding hydrogens is 524 g/mol. The van der Waals surface area contributed by atoms with Crippen LogP contribution in [0.5, 0.6) is 6.01 Å². The number of halogens is 2. The van der Waals surface area contributed by atoms with E-state index in [1.165, 1.54) is 11.3 Å². The van der Waals surface area contributed by atoms with Crippen LogP contribution in [0.3, 0.4) is 0 Å². The van der Waals surface area contributed by atoms with Crippen LogP contribution in [0.25, 0.3) is 32.4 Å². The fraction of sp³-hybridized carbons (Fsp3) is 0.481. The van der Waals surface area contributed by atoms with Gasteiger partial charge in [-0.25, -0.2) is 13.8 Å². The molecule has 2 N–H and O–H groups in total. The lowest BCUT2D eigenvalue weighted by Gasteiger charge is -2.31. The molecule has 0 unspecified atom stereocenters. The van der Waals surface area contributed by atoms with Gasteiger partial charge in [0.05, 0.1) is 27.7 Å². The van der Waals surface area contributed by atoms with Gasteiger partial charge >= 0.3 is 6.01 Å². The first-order valence-corrected chi connectivity index (χ1v) is 14.2. The second-order valence-corrected chi connectivity index (χ2v) is 11.6. The summed E-state index contributed by atoms with van der Waals surface area (Å²) in [6.07, 6.45) is 3.87. The van der Waals surface area contributed by atoms with Gasteiger partial charge in [-0.1, -0.05) is 23.5 Å². The number of benzene rings is 1. The van der Waals surface area contributed by atoms with Crippen molar-refractivity contribution in [3.8, 4) is 17.3 Å². The second-order valence-electron chi connectivity index (χ2n) is 10.5. The number of hydrogen-bond donors (Lipinski definition) is 1. The highest BCUT2D eigenvalue weighted by atomic mass is 32.1. The van der Waals surface area contributed by atoms with E-state index in [0.717, 1.165) is 30.5 Å². The Balaban J connectivity index is 1.33. The number of nitrogen functional groups attached to an aromatic ring is 1.